The van der Waals surface area contributed by atoms with E-state index in [1.165, 1.54) is 70.3 Å². The first-order chi connectivity index (χ1) is 9.67. The monoisotopic (exact) mass is 298 g/mol. The maximum absolute atomic E-state index is 3.95. The molecule has 1 saturated heterocycles. The third-order valence-corrected chi connectivity index (χ3v) is 5.98. The highest BCUT2D eigenvalue weighted by molar-refractivity contribution is 7.98. The summed E-state index contributed by atoms with van der Waals surface area (Å²) in [5.41, 5.74) is 0.461. The third kappa shape index (κ3) is 4.38. The predicted molar refractivity (Wildman–Crippen MR) is 91.6 cm³/mol. The summed E-state index contributed by atoms with van der Waals surface area (Å²) in [7, 11) is 0. The number of nitrogens with zero attached hydrogens (tertiary/aromatic N) is 1. The van der Waals surface area contributed by atoms with Crippen molar-refractivity contribution < 1.29 is 0 Å². The maximum Gasteiger partial charge on any atom is 0.0309 e. The van der Waals surface area contributed by atoms with Gasteiger partial charge in [-0.2, -0.15) is 11.8 Å². The van der Waals surface area contributed by atoms with Crippen molar-refractivity contribution in [1.29, 1.82) is 0 Å². The largest absolute Gasteiger partial charge is 0.308 e. The summed E-state index contributed by atoms with van der Waals surface area (Å²) in [6, 6.07) is 0.747. The van der Waals surface area contributed by atoms with Crippen molar-refractivity contribution in [2.45, 2.75) is 70.4 Å². The summed E-state index contributed by atoms with van der Waals surface area (Å²) in [5.74, 6) is 2.09. The number of hydrogen-bond acceptors (Lipinski definition) is 3. The molecule has 1 saturated carbocycles. The molecule has 1 aliphatic heterocycles. The molecule has 2 rings (SSSR count). The average molecular weight is 299 g/mol. The molecule has 0 aromatic carbocycles. The van der Waals surface area contributed by atoms with Gasteiger partial charge in [0.15, 0.2) is 0 Å². The zero-order valence-corrected chi connectivity index (χ0v) is 14.6. The van der Waals surface area contributed by atoms with E-state index in [-0.39, 0.29) is 0 Å². The van der Waals surface area contributed by atoms with Gasteiger partial charge < -0.3 is 5.32 Å². The molecular weight excluding hydrogens is 264 g/mol. The van der Waals surface area contributed by atoms with Gasteiger partial charge in [-0.1, -0.05) is 33.1 Å². The summed E-state index contributed by atoms with van der Waals surface area (Å²) >= 11 is 1.99. The van der Waals surface area contributed by atoms with Crippen molar-refractivity contribution in [3.05, 3.63) is 0 Å². The number of thioether (sulfide) groups is 1. The van der Waals surface area contributed by atoms with E-state index in [1.54, 1.807) is 0 Å². The van der Waals surface area contributed by atoms with E-state index in [1.807, 2.05) is 11.8 Å². The van der Waals surface area contributed by atoms with Gasteiger partial charge >= 0.3 is 0 Å². The van der Waals surface area contributed by atoms with E-state index in [0.29, 0.717) is 5.54 Å². The average Bonchev–Trinajstić information content (AvgIpc) is 2.44. The fourth-order valence-electron chi connectivity index (χ4n) is 4.04. The minimum absolute atomic E-state index is 0.461. The van der Waals surface area contributed by atoms with Crippen LogP contribution in [0.25, 0.3) is 0 Å². The van der Waals surface area contributed by atoms with Gasteiger partial charge in [0, 0.05) is 24.7 Å². The lowest BCUT2D eigenvalue weighted by Crippen LogP contribution is -2.65. The Morgan fingerprint density at radius 3 is 2.60 bits per heavy atom. The topological polar surface area (TPSA) is 15.3 Å². The van der Waals surface area contributed by atoms with Crippen molar-refractivity contribution in [2.75, 3.05) is 31.6 Å². The SMILES string of the molecule is CSCCCCN1CC2(CCCCC2)NCC1C(C)C. The molecule has 0 aromatic heterocycles. The highest BCUT2D eigenvalue weighted by Crippen LogP contribution is 2.33. The van der Waals surface area contributed by atoms with Crippen LogP contribution in [-0.2, 0) is 0 Å². The molecule has 0 radical (unpaired) electrons. The van der Waals surface area contributed by atoms with Crippen LogP contribution in [0.2, 0.25) is 0 Å². The summed E-state index contributed by atoms with van der Waals surface area (Å²) in [5, 5.41) is 3.95. The fourth-order valence-corrected chi connectivity index (χ4v) is 4.53. The number of rotatable bonds is 6. The molecule has 0 amide bonds. The lowest BCUT2D eigenvalue weighted by atomic mass is 9.78. The highest BCUT2D eigenvalue weighted by atomic mass is 32.2. The summed E-state index contributed by atoms with van der Waals surface area (Å²) in [6.45, 7) is 8.60. The zero-order valence-electron chi connectivity index (χ0n) is 13.8. The van der Waals surface area contributed by atoms with E-state index in [2.05, 4.69) is 30.3 Å². The standard InChI is InChI=1S/C17H34N2S/c1-15(2)16-13-18-17(9-5-4-6-10-17)14-19(16)11-7-8-12-20-3/h15-16,18H,4-14H2,1-3H3. The van der Waals surface area contributed by atoms with Crippen LogP contribution in [-0.4, -0.2) is 48.1 Å². The lowest BCUT2D eigenvalue weighted by molar-refractivity contribution is 0.0358. The predicted octanol–water partition coefficient (Wildman–Crippen LogP) is 3.76. The van der Waals surface area contributed by atoms with Crippen molar-refractivity contribution in [3.63, 3.8) is 0 Å². The Hall–Kier alpha value is 0.270. The normalized spacial score (nSPS) is 27.3. The molecule has 20 heavy (non-hydrogen) atoms. The second-order valence-corrected chi connectivity index (χ2v) is 8.19. The van der Waals surface area contributed by atoms with Crippen LogP contribution in [0, 0.1) is 5.92 Å². The van der Waals surface area contributed by atoms with Crippen LogP contribution >= 0.6 is 11.8 Å². The minimum atomic E-state index is 0.461. The molecule has 2 aliphatic rings. The van der Waals surface area contributed by atoms with Crippen LogP contribution < -0.4 is 5.32 Å². The van der Waals surface area contributed by atoms with Gasteiger partial charge in [-0.15, -0.1) is 0 Å². The van der Waals surface area contributed by atoms with Gasteiger partial charge in [0.2, 0.25) is 0 Å². The zero-order chi connectivity index (χ0) is 14.4. The number of nitrogens with one attached hydrogen (secondary N) is 1. The van der Waals surface area contributed by atoms with Gasteiger partial charge in [0.25, 0.3) is 0 Å². The highest BCUT2D eigenvalue weighted by Gasteiger charge is 2.40. The summed E-state index contributed by atoms with van der Waals surface area (Å²) in [6.07, 6.45) is 12.1. The van der Waals surface area contributed by atoms with E-state index in [0.717, 1.165) is 12.0 Å². The molecule has 1 atom stereocenters. The Kier molecular flexibility index (Phi) is 6.70. The van der Waals surface area contributed by atoms with Gasteiger partial charge in [0.1, 0.15) is 0 Å². The quantitative estimate of drug-likeness (QED) is 0.752. The van der Waals surface area contributed by atoms with Crippen LogP contribution in [0.4, 0.5) is 0 Å². The van der Waals surface area contributed by atoms with E-state index < -0.39 is 0 Å². The Morgan fingerprint density at radius 2 is 1.95 bits per heavy atom. The molecule has 1 N–H and O–H groups in total. The van der Waals surface area contributed by atoms with E-state index in [4.69, 9.17) is 0 Å². The molecule has 1 aliphatic carbocycles. The molecule has 3 heteroatoms. The van der Waals surface area contributed by atoms with Crippen molar-refractivity contribution >= 4 is 11.8 Å². The lowest BCUT2D eigenvalue weighted by Gasteiger charge is -2.51. The number of hydrogen-bond donors (Lipinski definition) is 1. The van der Waals surface area contributed by atoms with Crippen molar-refractivity contribution in [3.8, 4) is 0 Å². The molecule has 118 valence electrons. The van der Waals surface area contributed by atoms with Crippen LogP contribution in [0.15, 0.2) is 0 Å². The molecule has 0 aromatic rings. The summed E-state index contributed by atoms with van der Waals surface area (Å²) in [4.78, 5) is 2.83. The van der Waals surface area contributed by atoms with Crippen molar-refractivity contribution in [2.24, 2.45) is 5.92 Å². The molecule has 0 bridgehead atoms. The fraction of sp³-hybridized carbons (Fsp3) is 1.00. The van der Waals surface area contributed by atoms with Crippen LogP contribution in [0.3, 0.4) is 0 Å². The molecular formula is C17H34N2S. The second-order valence-electron chi connectivity index (χ2n) is 7.20. The molecule has 2 fully saturated rings. The van der Waals surface area contributed by atoms with Crippen LogP contribution in [0.1, 0.15) is 58.8 Å². The maximum atomic E-state index is 3.95. The number of unbranched alkanes of at least 4 members (excludes halogenated alkanes) is 1. The van der Waals surface area contributed by atoms with Crippen LogP contribution in [0.5, 0.6) is 0 Å². The van der Waals surface area contributed by atoms with E-state index in [9.17, 15) is 0 Å². The smallest absolute Gasteiger partial charge is 0.0309 e. The third-order valence-electron chi connectivity index (χ3n) is 5.28. The van der Waals surface area contributed by atoms with Gasteiger partial charge in [-0.3, -0.25) is 4.90 Å². The molecule has 1 heterocycles. The minimum Gasteiger partial charge on any atom is -0.308 e. The first kappa shape index (κ1) is 16.6. The second kappa shape index (κ2) is 8.05. The Labute approximate surface area is 130 Å². The Balaban J connectivity index is 1.90. The Morgan fingerprint density at radius 1 is 1.20 bits per heavy atom. The first-order valence-electron chi connectivity index (χ1n) is 8.65. The molecule has 1 unspecified atom stereocenters. The summed E-state index contributed by atoms with van der Waals surface area (Å²) < 4.78 is 0. The molecule has 2 nitrogen and oxygen atoms in total. The van der Waals surface area contributed by atoms with E-state index >= 15 is 0 Å². The van der Waals surface area contributed by atoms with Crippen molar-refractivity contribution in [1.82, 2.24) is 10.2 Å². The Bertz CT molecular complexity index is 274. The number of piperazine rings is 1. The molecule has 1 spiro atoms. The van der Waals surface area contributed by atoms with Gasteiger partial charge in [0.05, 0.1) is 0 Å². The van der Waals surface area contributed by atoms with Gasteiger partial charge in [-0.25, -0.2) is 0 Å². The van der Waals surface area contributed by atoms with Gasteiger partial charge in [-0.05, 0) is 50.2 Å². The first-order valence-corrected chi connectivity index (χ1v) is 10.0.